The molecule has 132 valence electrons. The molecule has 0 saturated heterocycles. The van der Waals surface area contributed by atoms with Gasteiger partial charge in [0.25, 0.3) is 0 Å². The van der Waals surface area contributed by atoms with Gasteiger partial charge in [-0.15, -0.1) is 0 Å². The fourth-order valence-corrected chi connectivity index (χ4v) is 2.54. The van der Waals surface area contributed by atoms with E-state index >= 15 is 0 Å². The van der Waals surface area contributed by atoms with Crippen molar-refractivity contribution in [3.05, 3.63) is 35.4 Å². The third kappa shape index (κ3) is 4.51. The van der Waals surface area contributed by atoms with Crippen LogP contribution in [-0.4, -0.2) is 34.9 Å². The Labute approximate surface area is 143 Å². The summed E-state index contributed by atoms with van der Waals surface area (Å²) in [6.07, 6.45) is -0.456. The number of ketones is 2. The monoisotopic (exact) mass is 334 g/mol. The zero-order chi connectivity index (χ0) is 18.5. The summed E-state index contributed by atoms with van der Waals surface area (Å²) in [5, 5.41) is 10.7. The zero-order valence-corrected chi connectivity index (χ0v) is 15.0. The third-order valence-corrected chi connectivity index (χ3v) is 4.12. The summed E-state index contributed by atoms with van der Waals surface area (Å²) in [4.78, 5) is 36.3. The van der Waals surface area contributed by atoms with Crippen molar-refractivity contribution in [2.45, 2.75) is 52.6 Å². The first kappa shape index (κ1) is 20.0. The van der Waals surface area contributed by atoms with Gasteiger partial charge in [-0.3, -0.25) is 9.59 Å². The Balaban J connectivity index is 3.12. The Morgan fingerprint density at radius 1 is 1.12 bits per heavy atom. The highest BCUT2D eigenvalue weighted by molar-refractivity contribution is 6.02. The number of carbonyl (C=O) groups excluding carboxylic acids is 3. The number of Topliss-reactive ketones (excluding diaryl/α,β-unsaturated/α-hetero) is 2. The lowest BCUT2D eigenvalue weighted by atomic mass is 9.79. The van der Waals surface area contributed by atoms with Crippen LogP contribution in [0.2, 0.25) is 0 Å². The van der Waals surface area contributed by atoms with E-state index in [1.807, 2.05) is 26.0 Å². The molecule has 0 bridgehead atoms. The molecule has 1 aromatic rings. The van der Waals surface area contributed by atoms with Crippen molar-refractivity contribution < 1.29 is 24.2 Å². The van der Waals surface area contributed by atoms with Crippen molar-refractivity contribution in [1.29, 1.82) is 0 Å². The maximum absolute atomic E-state index is 12.7. The highest BCUT2D eigenvalue weighted by Crippen LogP contribution is 2.28. The summed E-state index contributed by atoms with van der Waals surface area (Å²) >= 11 is 0. The third-order valence-electron chi connectivity index (χ3n) is 4.12. The molecule has 0 aliphatic carbocycles. The van der Waals surface area contributed by atoms with E-state index < -0.39 is 29.7 Å². The van der Waals surface area contributed by atoms with E-state index in [1.165, 1.54) is 13.8 Å². The van der Waals surface area contributed by atoms with E-state index in [-0.39, 0.29) is 12.4 Å². The lowest BCUT2D eigenvalue weighted by Crippen LogP contribution is -2.50. The summed E-state index contributed by atoms with van der Waals surface area (Å²) in [6, 6.07) is 7.04. The van der Waals surface area contributed by atoms with Crippen molar-refractivity contribution in [3.8, 4) is 0 Å². The number of aliphatic hydroxyl groups is 1. The molecule has 1 aromatic carbocycles. The minimum atomic E-state index is -2.16. The lowest BCUT2D eigenvalue weighted by Gasteiger charge is -2.30. The second kappa shape index (κ2) is 8.20. The van der Waals surface area contributed by atoms with Gasteiger partial charge < -0.3 is 9.84 Å². The Hall–Kier alpha value is -2.01. The zero-order valence-electron chi connectivity index (χ0n) is 15.0. The molecule has 5 nitrogen and oxygen atoms in total. The fraction of sp³-hybridized carbons (Fsp3) is 0.526. The van der Waals surface area contributed by atoms with Gasteiger partial charge in [-0.1, -0.05) is 45.0 Å². The van der Waals surface area contributed by atoms with Crippen molar-refractivity contribution in [2.75, 3.05) is 6.61 Å². The molecule has 0 radical (unpaired) electrons. The molecule has 1 N–H and O–H groups in total. The van der Waals surface area contributed by atoms with Crippen LogP contribution in [0.25, 0.3) is 0 Å². The predicted octanol–water partition coefficient (Wildman–Crippen LogP) is 2.90. The maximum atomic E-state index is 12.7. The number of hydrogen-bond acceptors (Lipinski definition) is 5. The fourth-order valence-electron chi connectivity index (χ4n) is 2.54. The first-order valence-corrected chi connectivity index (χ1v) is 8.16. The first-order chi connectivity index (χ1) is 11.1. The van der Waals surface area contributed by atoms with Crippen LogP contribution in [-0.2, 0) is 14.3 Å². The summed E-state index contributed by atoms with van der Waals surface area (Å²) in [7, 11) is 0. The molecule has 24 heavy (non-hydrogen) atoms. The average molecular weight is 334 g/mol. The predicted molar refractivity (Wildman–Crippen MR) is 90.9 cm³/mol. The van der Waals surface area contributed by atoms with Crippen LogP contribution < -0.4 is 0 Å². The summed E-state index contributed by atoms with van der Waals surface area (Å²) in [6.45, 7) is 8.46. The SMILES string of the molecule is CCOC(=O)[C@@](O)(CC(C)=O)[C@H](C)C(=O)c1ccc(C(C)C)cc1. The van der Waals surface area contributed by atoms with Crippen LogP contribution in [0.3, 0.4) is 0 Å². The van der Waals surface area contributed by atoms with Gasteiger partial charge in [0, 0.05) is 12.0 Å². The summed E-state index contributed by atoms with van der Waals surface area (Å²) < 4.78 is 4.87. The van der Waals surface area contributed by atoms with E-state index in [1.54, 1.807) is 19.1 Å². The van der Waals surface area contributed by atoms with Crippen molar-refractivity contribution in [1.82, 2.24) is 0 Å². The maximum Gasteiger partial charge on any atom is 0.339 e. The van der Waals surface area contributed by atoms with Crippen LogP contribution in [0.1, 0.15) is 62.9 Å². The van der Waals surface area contributed by atoms with Crippen LogP contribution in [0.4, 0.5) is 0 Å². The number of esters is 1. The van der Waals surface area contributed by atoms with Gasteiger partial charge in [0.15, 0.2) is 11.4 Å². The Bertz CT molecular complexity index is 603. The van der Waals surface area contributed by atoms with Gasteiger partial charge >= 0.3 is 5.97 Å². The topological polar surface area (TPSA) is 80.7 Å². The summed E-state index contributed by atoms with van der Waals surface area (Å²) in [5.41, 5.74) is -0.683. The quantitative estimate of drug-likeness (QED) is 0.584. The van der Waals surface area contributed by atoms with Crippen LogP contribution in [0, 0.1) is 5.92 Å². The second-order valence-corrected chi connectivity index (χ2v) is 6.39. The van der Waals surface area contributed by atoms with Crippen molar-refractivity contribution in [2.24, 2.45) is 5.92 Å². The molecular formula is C19H26O5. The molecule has 0 fully saturated rings. The van der Waals surface area contributed by atoms with Gasteiger partial charge in [0.05, 0.1) is 12.5 Å². The van der Waals surface area contributed by atoms with Crippen molar-refractivity contribution >= 4 is 17.5 Å². The molecule has 0 amide bonds. The smallest absolute Gasteiger partial charge is 0.339 e. The first-order valence-electron chi connectivity index (χ1n) is 8.16. The van der Waals surface area contributed by atoms with Gasteiger partial charge in [-0.05, 0) is 25.3 Å². The second-order valence-electron chi connectivity index (χ2n) is 6.39. The van der Waals surface area contributed by atoms with E-state index in [0.29, 0.717) is 11.5 Å². The molecule has 0 aliphatic rings. The number of hydrogen-bond donors (Lipinski definition) is 1. The number of ether oxygens (including phenoxy) is 1. The minimum absolute atomic E-state index is 0.0586. The lowest BCUT2D eigenvalue weighted by molar-refractivity contribution is -0.171. The van der Waals surface area contributed by atoms with Gasteiger partial charge in [-0.25, -0.2) is 4.79 Å². The highest BCUT2D eigenvalue weighted by atomic mass is 16.5. The molecule has 2 atom stereocenters. The van der Waals surface area contributed by atoms with E-state index in [9.17, 15) is 19.5 Å². The molecule has 0 aromatic heterocycles. The number of carbonyl (C=O) groups is 3. The molecule has 0 unspecified atom stereocenters. The van der Waals surface area contributed by atoms with E-state index in [0.717, 1.165) is 5.56 Å². The normalized spacial score (nSPS) is 14.8. The van der Waals surface area contributed by atoms with Gasteiger partial charge in [-0.2, -0.15) is 0 Å². The van der Waals surface area contributed by atoms with E-state index in [4.69, 9.17) is 4.74 Å². The molecule has 0 saturated carbocycles. The van der Waals surface area contributed by atoms with Crippen LogP contribution in [0.15, 0.2) is 24.3 Å². The van der Waals surface area contributed by atoms with Crippen molar-refractivity contribution in [3.63, 3.8) is 0 Å². The van der Waals surface area contributed by atoms with E-state index in [2.05, 4.69) is 0 Å². The molecule has 1 rings (SSSR count). The summed E-state index contributed by atoms with van der Waals surface area (Å²) in [5.74, 6) is -2.49. The molecule has 0 aliphatic heterocycles. The largest absolute Gasteiger partial charge is 0.464 e. The Morgan fingerprint density at radius 3 is 2.08 bits per heavy atom. The molecule has 5 heteroatoms. The standard InChI is InChI=1S/C19H26O5/c1-6-24-18(22)19(23,11-13(4)20)14(5)17(21)16-9-7-15(8-10-16)12(2)3/h7-10,12,14,23H,6,11H2,1-5H3/t14-,19-/m1/s1. The van der Waals surface area contributed by atoms with Crippen LogP contribution in [0.5, 0.6) is 0 Å². The Morgan fingerprint density at radius 2 is 1.67 bits per heavy atom. The molecule has 0 spiro atoms. The van der Waals surface area contributed by atoms with Gasteiger partial charge in [0.2, 0.25) is 0 Å². The molecular weight excluding hydrogens is 308 g/mol. The number of benzene rings is 1. The Kier molecular flexibility index (Phi) is 6.84. The highest BCUT2D eigenvalue weighted by Gasteiger charge is 2.47. The molecule has 0 heterocycles. The van der Waals surface area contributed by atoms with Crippen LogP contribution >= 0.6 is 0 Å². The van der Waals surface area contributed by atoms with Gasteiger partial charge in [0.1, 0.15) is 5.78 Å². The minimum Gasteiger partial charge on any atom is -0.464 e. The average Bonchev–Trinajstić information content (AvgIpc) is 2.53. The number of rotatable bonds is 8.